The fraction of sp³-hybridized carbons (Fsp3) is 0. The maximum atomic E-state index is 12.5. The number of benzene rings is 2. The molecule has 1 N–H and O–H groups in total. The van der Waals surface area contributed by atoms with Gasteiger partial charge in [-0.15, -0.1) is 11.3 Å². The van der Waals surface area contributed by atoms with Crippen LogP contribution >= 0.6 is 27.3 Å². The highest BCUT2D eigenvalue weighted by molar-refractivity contribution is 9.10. The van der Waals surface area contributed by atoms with Crippen molar-refractivity contribution in [3.63, 3.8) is 0 Å². The zero-order valence-corrected chi connectivity index (χ0v) is 17.9. The van der Waals surface area contributed by atoms with E-state index in [2.05, 4.69) is 26.2 Å². The average molecular weight is 476 g/mol. The highest BCUT2D eigenvalue weighted by atomic mass is 79.9. The number of thiazole rings is 1. The topological polar surface area (TPSA) is 78.9 Å². The summed E-state index contributed by atoms with van der Waals surface area (Å²) >= 11 is 4.73. The highest BCUT2D eigenvalue weighted by Gasteiger charge is 2.14. The van der Waals surface area contributed by atoms with E-state index in [4.69, 9.17) is 4.42 Å². The lowest BCUT2D eigenvalue weighted by Gasteiger charge is -2.00. The fourth-order valence-electron chi connectivity index (χ4n) is 2.76. The fourth-order valence-corrected chi connectivity index (χ4v) is 3.87. The largest absolute Gasteiger partial charge is 0.457 e. The molecule has 2 aromatic heterocycles. The Bertz CT molecular complexity index is 1270. The van der Waals surface area contributed by atoms with Gasteiger partial charge in [0.15, 0.2) is 5.13 Å². The Labute approximate surface area is 185 Å². The number of rotatable bonds is 5. The summed E-state index contributed by atoms with van der Waals surface area (Å²) < 4.78 is 6.71. The minimum Gasteiger partial charge on any atom is -0.457 e. The SMILES string of the molecule is N#CC(=Cc1ccc(-c2cccc(Br)c2)o1)C(=O)Nc1nc(-c2ccccc2)cs1. The van der Waals surface area contributed by atoms with Crippen molar-refractivity contribution < 1.29 is 9.21 Å². The van der Waals surface area contributed by atoms with E-state index in [0.29, 0.717) is 16.7 Å². The minimum absolute atomic E-state index is 0.0680. The third kappa shape index (κ3) is 4.57. The molecule has 0 saturated heterocycles. The van der Waals surface area contributed by atoms with Crippen LogP contribution in [0.25, 0.3) is 28.7 Å². The highest BCUT2D eigenvalue weighted by Crippen LogP contribution is 2.27. The number of nitrogens with one attached hydrogen (secondary N) is 1. The van der Waals surface area contributed by atoms with Crippen molar-refractivity contribution in [2.45, 2.75) is 0 Å². The number of nitriles is 1. The molecule has 0 unspecified atom stereocenters. The first-order valence-electron chi connectivity index (χ1n) is 8.92. The molecule has 146 valence electrons. The summed E-state index contributed by atoms with van der Waals surface area (Å²) in [6.45, 7) is 0. The van der Waals surface area contributed by atoms with Gasteiger partial charge in [0.25, 0.3) is 5.91 Å². The number of amides is 1. The molecule has 0 aliphatic heterocycles. The second kappa shape index (κ2) is 8.91. The van der Waals surface area contributed by atoms with Crippen LogP contribution < -0.4 is 5.32 Å². The molecule has 2 aromatic carbocycles. The summed E-state index contributed by atoms with van der Waals surface area (Å²) in [5.41, 5.74) is 2.55. The van der Waals surface area contributed by atoms with Gasteiger partial charge >= 0.3 is 0 Å². The standard InChI is InChI=1S/C23H14BrN3O2S/c24-18-8-4-7-16(11-18)21-10-9-19(29-21)12-17(13-25)22(28)27-23-26-20(14-30-23)15-5-2-1-3-6-15/h1-12,14H,(H,26,27,28). The Morgan fingerprint density at radius 1 is 1.10 bits per heavy atom. The molecule has 0 spiro atoms. The van der Waals surface area contributed by atoms with E-state index in [1.54, 1.807) is 12.1 Å². The lowest BCUT2D eigenvalue weighted by atomic mass is 10.2. The van der Waals surface area contributed by atoms with E-state index < -0.39 is 5.91 Å². The molecule has 0 aliphatic carbocycles. The van der Waals surface area contributed by atoms with E-state index in [-0.39, 0.29) is 5.57 Å². The molecule has 5 nitrogen and oxygen atoms in total. The van der Waals surface area contributed by atoms with Crippen LogP contribution in [0, 0.1) is 11.3 Å². The smallest absolute Gasteiger partial charge is 0.268 e. The number of nitrogens with zero attached hydrogens (tertiary/aromatic N) is 2. The number of hydrogen-bond acceptors (Lipinski definition) is 5. The van der Waals surface area contributed by atoms with Crippen molar-refractivity contribution in [2.24, 2.45) is 0 Å². The molecule has 7 heteroatoms. The Hall–Kier alpha value is -3.47. The van der Waals surface area contributed by atoms with Gasteiger partial charge in [-0.3, -0.25) is 10.1 Å². The summed E-state index contributed by atoms with van der Waals surface area (Å²) in [6.07, 6.45) is 1.42. The third-order valence-electron chi connectivity index (χ3n) is 4.18. The number of aromatic nitrogens is 1. The van der Waals surface area contributed by atoms with Crippen LogP contribution in [0.15, 0.2) is 86.6 Å². The number of halogens is 1. The predicted molar refractivity (Wildman–Crippen MR) is 122 cm³/mol. The predicted octanol–water partition coefficient (Wildman–Crippen LogP) is 6.38. The van der Waals surface area contributed by atoms with Crippen LogP contribution in [0.2, 0.25) is 0 Å². The van der Waals surface area contributed by atoms with Crippen LogP contribution in [0.4, 0.5) is 5.13 Å². The minimum atomic E-state index is -0.535. The van der Waals surface area contributed by atoms with Crippen molar-refractivity contribution in [2.75, 3.05) is 5.32 Å². The molecule has 0 bridgehead atoms. The summed E-state index contributed by atoms with van der Waals surface area (Å²) in [6, 6.07) is 22.8. The zero-order chi connectivity index (χ0) is 20.9. The van der Waals surface area contributed by atoms with Gasteiger partial charge in [0.1, 0.15) is 23.2 Å². The lowest BCUT2D eigenvalue weighted by molar-refractivity contribution is -0.112. The van der Waals surface area contributed by atoms with Crippen molar-refractivity contribution in [1.82, 2.24) is 4.98 Å². The zero-order valence-electron chi connectivity index (χ0n) is 15.5. The molecule has 0 radical (unpaired) electrons. The number of anilines is 1. The Balaban J connectivity index is 1.50. The van der Waals surface area contributed by atoms with Gasteiger partial charge in [-0.1, -0.05) is 58.4 Å². The van der Waals surface area contributed by atoms with Crippen molar-refractivity contribution >= 4 is 44.4 Å². The molecule has 4 rings (SSSR count). The summed E-state index contributed by atoms with van der Waals surface area (Å²) in [5, 5.41) is 14.4. The van der Waals surface area contributed by atoms with Crippen LogP contribution in [0.5, 0.6) is 0 Å². The van der Waals surface area contributed by atoms with Crippen LogP contribution in [-0.4, -0.2) is 10.9 Å². The van der Waals surface area contributed by atoms with E-state index in [9.17, 15) is 10.1 Å². The van der Waals surface area contributed by atoms with Gasteiger partial charge in [0.2, 0.25) is 0 Å². The number of carbonyl (C=O) groups is 1. The normalized spacial score (nSPS) is 11.1. The van der Waals surface area contributed by atoms with E-state index >= 15 is 0 Å². The number of hydrogen-bond donors (Lipinski definition) is 1. The van der Waals surface area contributed by atoms with E-state index in [1.165, 1.54) is 17.4 Å². The summed E-state index contributed by atoms with van der Waals surface area (Å²) in [4.78, 5) is 17.0. The van der Waals surface area contributed by atoms with Gasteiger partial charge in [-0.05, 0) is 24.3 Å². The van der Waals surface area contributed by atoms with E-state index in [0.717, 1.165) is 21.3 Å². The molecule has 2 heterocycles. The second-order valence-corrected chi connectivity index (χ2v) is 8.01. The van der Waals surface area contributed by atoms with Crippen LogP contribution in [0.3, 0.4) is 0 Å². The van der Waals surface area contributed by atoms with Crippen LogP contribution in [-0.2, 0) is 4.79 Å². The second-order valence-electron chi connectivity index (χ2n) is 6.24. The molecule has 0 aliphatic rings. The summed E-state index contributed by atoms with van der Waals surface area (Å²) in [5.74, 6) is 0.528. The van der Waals surface area contributed by atoms with Gasteiger partial charge in [0, 0.05) is 27.1 Å². The first kappa shape index (κ1) is 19.8. The van der Waals surface area contributed by atoms with Crippen LogP contribution in [0.1, 0.15) is 5.76 Å². The molecule has 30 heavy (non-hydrogen) atoms. The first-order valence-corrected chi connectivity index (χ1v) is 10.6. The molecule has 0 saturated carbocycles. The molecule has 0 atom stereocenters. The Morgan fingerprint density at radius 2 is 1.90 bits per heavy atom. The van der Waals surface area contributed by atoms with E-state index in [1.807, 2.05) is 66.0 Å². The maximum Gasteiger partial charge on any atom is 0.268 e. The molecular formula is C23H14BrN3O2S. The Morgan fingerprint density at radius 3 is 2.67 bits per heavy atom. The monoisotopic (exact) mass is 475 g/mol. The third-order valence-corrected chi connectivity index (χ3v) is 5.43. The molecule has 4 aromatic rings. The van der Waals surface area contributed by atoms with Crippen molar-refractivity contribution in [3.05, 3.63) is 87.9 Å². The quantitative estimate of drug-likeness (QED) is 0.268. The van der Waals surface area contributed by atoms with Gasteiger partial charge in [0.05, 0.1) is 5.69 Å². The molecule has 1 amide bonds. The molecule has 0 fully saturated rings. The summed E-state index contributed by atoms with van der Waals surface area (Å²) in [7, 11) is 0. The first-order chi connectivity index (χ1) is 14.6. The molecular weight excluding hydrogens is 462 g/mol. The number of carbonyl (C=O) groups excluding carboxylic acids is 1. The van der Waals surface area contributed by atoms with Gasteiger partial charge < -0.3 is 4.42 Å². The lowest BCUT2D eigenvalue weighted by Crippen LogP contribution is -2.13. The van der Waals surface area contributed by atoms with Gasteiger partial charge in [-0.25, -0.2) is 4.98 Å². The number of furan rings is 1. The Kier molecular flexibility index (Phi) is 5.89. The van der Waals surface area contributed by atoms with Gasteiger partial charge in [-0.2, -0.15) is 5.26 Å². The van der Waals surface area contributed by atoms with Crippen molar-refractivity contribution in [3.8, 4) is 28.7 Å². The average Bonchev–Trinajstić information content (AvgIpc) is 3.42. The van der Waals surface area contributed by atoms with Crippen molar-refractivity contribution in [1.29, 1.82) is 5.26 Å². The maximum absolute atomic E-state index is 12.5.